The molecule has 5 heteroatoms. The number of hydrogen-bond acceptors (Lipinski definition) is 3. The summed E-state index contributed by atoms with van der Waals surface area (Å²) < 4.78 is 25.9. The fourth-order valence-electron chi connectivity index (χ4n) is 2.10. The van der Waals surface area contributed by atoms with E-state index in [1.165, 1.54) is 6.07 Å². The Kier molecular flexibility index (Phi) is 4.27. The van der Waals surface area contributed by atoms with Gasteiger partial charge >= 0.3 is 0 Å². The minimum Gasteiger partial charge on any atom is -0.387 e. The SMILES string of the molecule is CN1CCN(CC(O)c2ccc(F)c(F)c2)CC1. The molecule has 1 N–H and O–H groups in total. The highest BCUT2D eigenvalue weighted by atomic mass is 19.2. The molecule has 1 fully saturated rings. The molecule has 0 aromatic heterocycles. The topological polar surface area (TPSA) is 26.7 Å². The second kappa shape index (κ2) is 5.73. The second-order valence-corrected chi connectivity index (χ2v) is 4.79. The summed E-state index contributed by atoms with van der Waals surface area (Å²) in [6.07, 6.45) is -0.775. The highest BCUT2D eigenvalue weighted by Crippen LogP contribution is 2.18. The third-order valence-electron chi connectivity index (χ3n) is 3.36. The molecule has 0 bridgehead atoms. The van der Waals surface area contributed by atoms with Gasteiger partial charge in [-0.05, 0) is 24.7 Å². The Hall–Kier alpha value is -1.04. The van der Waals surface area contributed by atoms with Crippen LogP contribution in [0.4, 0.5) is 8.78 Å². The number of halogens is 2. The molecule has 1 aliphatic rings. The van der Waals surface area contributed by atoms with Crippen LogP contribution in [0.25, 0.3) is 0 Å². The highest BCUT2D eigenvalue weighted by molar-refractivity contribution is 5.20. The lowest BCUT2D eigenvalue weighted by atomic mass is 10.1. The van der Waals surface area contributed by atoms with Gasteiger partial charge in [-0.15, -0.1) is 0 Å². The van der Waals surface area contributed by atoms with Crippen molar-refractivity contribution in [1.29, 1.82) is 0 Å². The van der Waals surface area contributed by atoms with E-state index >= 15 is 0 Å². The summed E-state index contributed by atoms with van der Waals surface area (Å²) in [5.74, 6) is -1.80. The number of nitrogens with zero attached hydrogens (tertiary/aromatic N) is 2. The minimum atomic E-state index is -0.912. The lowest BCUT2D eigenvalue weighted by Crippen LogP contribution is -2.45. The number of piperazine rings is 1. The molecule has 0 saturated carbocycles. The van der Waals surface area contributed by atoms with Crippen LogP contribution in [0, 0.1) is 11.6 Å². The first-order valence-electron chi connectivity index (χ1n) is 6.10. The lowest BCUT2D eigenvalue weighted by molar-refractivity contribution is 0.0803. The molecule has 3 nitrogen and oxygen atoms in total. The molecule has 0 radical (unpaired) electrons. The zero-order chi connectivity index (χ0) is 13.1. The van der Waals surface area contributed by atoms with Gasteiger partial charge in [0.15, 0.2) is 11.6 Å². The van der Waals surface area contributed by atoms with Crippen molar-refractivity contribution in [1.82, 2.24) is 9.80 Å². The molecule has 1 unspecified atom stereocenters. The molecule has 0 spiro atoms. The van der Waals surface area contributed by atoms with E-state index in [4.69, 9.17) is 0 Å². The fourth-order valence-corrected chi connectivity index (χ4v) is 2.10. The average molecular weight is 256 g/mol. The molecular weight excluding hydrogens is 238 g/mol. The van der Waals surface area contributed by atoms with Crippen LogP contribution in [0.15, 0.2) is 18.2 Å². The predicted molar refractivity (Wildman–Crippen MR) is 65.3 cm³/mol. The summed E-state index contributed by atoms with van der Waals surface area (Å²) in [7, 11) is 2.06. The van der Waals surface area contributed by atoms with Gasteiger partial charge in [-0.25, -0.2) is 8.78 Å². The van der Waals surface area contributed by atoms with Crippen molar-refractivity contribution < 1.29 is 13.9 Å². The number of likely N-dealkylation sites (N-methyl/N-ethyl adjacent to an activating group) is 1. The Morgan fingerprint density at radius 3 is 2.44 bits per heavy atom. The molecule has 1 aliphatic heterocycles. The summed E-state index contributed by atoms with van der Waals surface area (Å²) in [5.41, 5.74) is 0.424. The first kappa shape index (κ1) is 13.4. The monoisotopic (exact) mass is 256 g/mol. The summed E-state index contributed by atoms with van der Waals surface area (Å²) >= 11 is 0. The smallest absolute Gasteiger partial charge is 0.159 e. The minimum absolute atomic E-state index is 0.424. The zero-order valence-electron chi connectivity index (χ0n) is 10.4. The summed E-state index contributed by atoms with van der Waals surface area (Å²) in [4.78, 5) is 4.35. The van der Waals surface area contributed by atoms with Crippen molar-refractivity contribution in [3.05, 3.63) is 35.4 Å². The van der Waals surface area contributed by atoms with Crippen LogP contribution in [-0.4, -0.2) is 54.7 Å². The molecule has 0 amide bonds. The summed E-state index contributed by atoms with van der Waals surface area (Å²) in [6, 6.07) is 3.55. The first-order valence-corrected chi connectivity index (χ1v) is 6.10. The number of hydrogen-bond donors (Lipinski definition) is 1. The van der Waals surface area contributed by atoms with Gasteiger partial charge in [0.2, 0.25) is 0 Å². The van der Waals surface area contributed by atoms with Gasteiger partial charge in [0, 0.05) is 32.7 Å². The summed E-state index contributed by atoms with van der Waals surface area (Å²) in [6.45, 7) is 4.16. The molecule has 0 aliphatic carbocycles. The molecule has 1 atom stereocenters. The van der Waals surface area contributed by atoms with E-state index in [-0.39, 0.29) is 0 Å². The number of aliphatic hydroxyl groups is 1. The molecular formula is C13H18F2N2O. The number of β-amino-alcohol motifs (C(OH)–C–C–N with tert-alkyl or cyclic N) is 1. The van der Waals surface area contributed by atoms with Crippen molar-refractivity contribution in [2.24, 2.45) is 0 Å². The van der Waals surface area contributed by atoms with Crippen molar-refractivity contribution in [3.8, 4) is 0 Å². The molecule has 2 rings (SSSR count). The van der Waals surface area contributed by atoms with Gasteiger partial charge < -0.3 is 10.0 Å². The molecule has 1 saturated heterocycles. The summed E-state index contributed by atoms with van der Waals surface area (Å²) in [5, 5.41) is 10.0. The quantitative estimate of drug-likeness (QED) is 0.881. The Morgan fingerprint density at radius 2 is 1.83 bits per heavy atom. The van der Waals surface area contributed by atoms with Crippen LogP contribution >= 0.6 is 0 Å². The van der Waals surface area contributed by atoms with Gasteiger partial charge in [0.05, 0.1) is 6.10 Å². The highest BCUT2D eigenvalue weighted by Gasteiger charge is 2.18. The first-order chi connectivity index (χ1) is 8.56. The van der Waals surface area contributed by atoms with E-state index in [9.17, 15) is 13.9 Å². The Balaban J connectivity index is 1.94. The van der Waals surface area contributed by atoms with Crippen LogP contribution in [0.2, 0.25) is 0 Å². The molecule has 100 valence electrons. The Labute approximate surface area is 106 Å². The number of rotatable bonds is 3. The van der Waals surface area contributed by atoms with E-state index in [0.29, 0.717) is 12.1 Å². The van der Waals surface area contributed by atoms with Crippen molar-refractivity contribution in [2.45, 2.75) is 6.10 Å². The predicted octanol–water partition coefficient (Wildman–Crippen LogP) is 1.25. The van der Waals surface area contributed by atoms with Crippen LogP contribution in [0.1, 0.15) is 11.7 Å². The Morgan fingerprint density at radius 1 is 1.17 bits per heavy atom. The number of benzene rings is 1. The average Bonchev–Trinajstić information content (AvgIpc) is 2.35. The molecule has 1 heterocycles. The normalized spacial score (nSPS) is 20.0. The maximum Gasteiger partial charge on any atom is 0.159 e. The lowest BCUT2D eigenvalue weighted by Gasteiger charge is -2.33. The van der Waals surface area contributed by atoms with E-state index < -0.39 is 17.7 Å². The largest absolute Gasteiger partial charge is 0.387 e. The third-order valence-corrected chi connectivity index (χ3v) is 3.36. The van der Waals surface area contributed by atoms with Gasteiger partial charge in [0.25, 0.3) is 0 Å². The number of aliphatic hydroxyl groups excluding tert-OH is 1. The Bertz CT molecular complexity index is 406. The van der Waals surface area contributed by atoms with Gasteiger partial charge in [-0.2, -0.15) is 0 Å². The van der Waals surface area contributed by atoms with E-state index in [1.54, 1.807) is 0 Å². The third kappa shape index (κ3) is 3.25. The van der Waals surface area contributed by atoms with Crippen LogP contribution in [0.3, 0.4) is 0 Å². The van der Waals surface area contributed by atoms with Gasteiger partial charge in [-0.3, -0.25) is 4.90 Å². The molecule has 18 heavy (non-hydrogen) atoms. The molecule has 1 aromatic rings. The van der Waals surface area contributed by atoms with Gasteiger partial charge in [0.1, 0.15) is 0 Å². The van der Waals surface area contributed by atoms with Crippen LogP contribution < -0.4 is 0 Å². The van der Waals surface area contributed by atoms with Crippen molar-refractivity contribution >= 4 is 0 Å². The van der Waals surface area contributed by atoms with E-state index in [1.807, 2.05) is 0 Å². The molecule has 1 aromatic carbocycles. The van der Waals surface area contributed by atoms with Crippen molar-refractivity contribution in [2.75, 3.05) is 39.8 Å². The second-order valence-electron chi connectivity index (χ2n) is 4.79. The van der Waals surface area contributed by atoms with Crippen LogP contribution in [0.5, 0.6) is 0 Å². The van der Waals surface area contributed by atoms with Gasteiger partial charge in [-0.1, -0.05) is 6.07 Å². The van der Waals surface area contributed by atoms with Crippen LogP contribution in [-0.2, 0) is 0 Å². The fraction of sp³-hybridized carbons (Fsp3) is 0.538. The van der Waals surface area contributed by atoms with E-state index in [2.05, 4.69) is 16.8 Å². The zero-order valence-corrected chi connectivity index (χ0v) is 10.4. The van der Waals surface area contributed by atoms with Crippen molar-refractivity contribution in [3.63, 3.8) is 0 Å². The standard InChI is InChI=1S/C13H18F2N2O/c1-16-4-6-17(7-5-16)9-13(18)10-2-3-11(14)12(15)8-10/h2-3,8,13,18H,4-7,9H2,1H3. The maximum absolute atomic E-state index is 13.1. The maximum atomic E-state index is 13.1. The van der Waals surface area contributed by atoms with E-state index in [0.717, 1.165) is 38.3 Å².